The van der Waals surface area contributed by atoms with Crippen molar-refractivity contribution >= 4 is 22.4 Å². The normalized spacial score (nSPS) is 10.3. The van der Waals surface area contributed by atoms with Gasteiger partial charge in [-0.1, -0.05) is 12.8 Å². The van der Waals surface area contributed by atoms with Crippen LogP contribution < -0.4 is 16.8 Å². The molecule has 1 rings (SSSR count). The number of nitrogens with one attached hydrogen (secondary N) is 2. The Morgan fingerprint density at radius 1 is 1.38 bits per heavy atom. The van der Waals surface area contributed by atoms with Gasteiger partial charge in [0.05, 0.1) is 5.69 Å². The number of nitrogens with two attached hydrogens (primary N) is 2. The smallest absolute Gasteiger partial charge is 0.192 e. The van der Waals surface area contributed by atoms with E-state index in [1.165, 1.54) is 24.2 Å². The number of anilines is 1. The van der Waals surface area contributed by atoms with Gasteiger partial charge in [-0.2, -0.15) is 0 Å². The molecule has 90 valence electrons. The van der Waals surface area contributed by atoms with E-state index in [-0.39, 0.29) is 5.96 Å². The molecule has 16 heavy (non-hydrogen) atoms. The van der Waals surface area contributed by atoms with Gasteiger partial charge in [0.2, 0.25) is 0 Å². The molecular formula is C10H19N5S. The Hall–Kier alpha value is -1.14. The van der Waals surface area contributed by atoms with Gasteiger partial charge in [-0.15, -0.1) is 11.3 Å². The van der Waals surface area contributed by atoms with Gasteiger partial charge in [0, 0.05) is 5.38 Å². The minimum atomic E-state index is -0.0659. The maximum atomic E-state index is 7.08. The lowest BCUT2D eigenvalue weighted by molar-refractivity contribution is 0.643. The van der Waals surface area contributed by atoms with Crippen LogP contribution in [0.15, 0.2) is 5.38 Å². The van der Waals surface area contributed by atoms with Crippen molar-refractivity contribution in [2.45, 2.75) is 32.1 Å². The highest BCUT2D eigenvalue weighted by Crippen LogP contribution is 2.16. The molecular weight excluding hydrogens is 222 g/mol. The molecule has 0 spiro atoms. The van der Waals surface area contributed by atoms with E-state index in [1.807, 2.05) is 5.38 Å². The van der Waals surface area contributed by atoms with Crippen LogP contribution in [0, 0.1) is 5.41 Å². The van der Waals surface area contributed by atoms with Crippen molar-refractivity contribution in [2.24, 2.45) is 11.5 Å². The number of hydrogen-bond acceptors (Lipinski definition) is 4. The lowest BCUT2D eigenvalue weighted by Gasteiger charge is -1.98. The highest BCUT2D eigenvalue weighted by atomic mass is 32.1. The number of aromatic nitrogens is 1. The molecule has 1 aromatic rings. The second kappa shape index (κ2) is 7.19. The standard InChI is InChI=1S/C10H19N5S/c11-6-4-2-1-3-5-8-7-16-10(14-8)15-9(12)13/h7H,1-6,11H2,(H4,12,13,14,15). The van der Waals surface area contributed by atoms with Crippen molar-refractivity contribution < 1.29 is 0 Å². The molecule has 6 N–H and O–H groups in total. The van der Waals surface area contributed by atoms with Gasteiger partial charge >= 0.3 is 0 Å². The monoisotopic (exact) mass is 241 g/mol. The van der Waals surface area contributed by atoms with E-state index in [1.54, 1.807) is 0 Å². The highest BCUT2D eigenvalue weighted by Gasteiger charge is 2.01. The maximum Gasteiger partial charge on any atom is 0.192 e. The largest absolute Gasteiger partial charge is 0.370 e. The zero-order valence-electron chi connectivity index (χ0n) is 9.33. The molecule has 0 amide bonds. The fourth-order valence-corrected chi connectivity index (χ4v) is 2.16. The minimum absolute atomic E-state index is 0.0659. The fraction of sp³-hybridized carbons (Fsp3) is 0.600. The predicted molar refractivity (Wildman–Crippen MR) is 68.9 cm³/mol. The Balaban J connectivity index is 2.21. The SMILES string of the molecule is N=C(N)Nc1nc(CCCCCCN)cs1. The van der Waals surface area contributed by atoms with E-state index in [4.69, 9.17) is 16.9 Å². The first kappa shape index (κ1) is 12.9. The molecule has 0 aliphatic carbocycles. The van der Waals surface area contributed by atoms with Gasteiger partial charge in [0.1, 0.15) is 0 Å². The van der Waals surface area contributed by atoms with Gasteiger partial charge < -0.3 is 16.8 Å². The van der Waals surface area contributed by atoms with Crippen molar-refractivity contribution in [1.82, 2.24) is 4.98 Å². The van der Waals surface area contributed by atoms with E-state index in [0.29, 0.717) is 5.13 Å². The van der Waals surface area contributed by atoms with Crippen molar-refractivity contribution in [3.63, 3.8) is 0 Å². The Morgan fingerprint density at radius 2 is 2.12 bits per heavy atom. The quantitative estimate of drug-likeness (QED) is 0.330. The van der Waals surface area contributed by atoms with Crippen LogP contribution in [-0.2, 0) is 6.42 Å². The topological polar surface area (TPSA) is 101 Å². The first-order chi connectivity index (χ1) is 7.72. The van der Waals surface area contributed by atoms with Gasteiger partial charge in [-0.25, -0.2) is 4.98 Å². The van der Waals surface area contributed by atoms with Gasteiger partial charge in [-0.3, -0.25) is 5.41 Å². The summed E-state index contributed by atoms with van der Waals surface area (Å²) >= 11 is 1.48. The molecule has 0 bridgehead atoms. The summed E-state index contributed by atoms with van der Waals surface area (Å²) in [5.74, 6) is -0.0659. The third-order valence-corrected chi connectivity index (χ3v) is 2.99. The number of rotatable bonds is 7. The summed E-state index contributed by atoms with van der Waals surface area (Å²) in [6.07, 6.45) is 5.63. The number of hydrogen-bond donors (Lipinski definition) is 4. The molecule has 6 heteroatoms. The summed E-state index contributed by atoms with van der Waals surface area (Å²) in [7, 11) is 0. The van der Waals surface area contributed by atoms with E-state index >= 15 is 0 Å². The average Bonchev–Trinajstić information content (AvgIpc) is 2.64. The summed E-state index contributed by atoms with van der Waals surface area (Å²) < 4.78 is 0. The van der Waals surface area contributed by atoms with Gasteiger partial charge in [0.15, 0.2) is 11.1 Å². The van der Waals surface area contributed by atoms with Crippen molar-refractivity contribution in [3.05, 3.63) is 11.1 Å². The van der Waals surface area contributed by atoms with Crippen LogP contribution in [-0.4, -0.2) is 17.5 Å². The van der Waals surface area contributed by atoms with Crippen LogP contribution in [0.5, 0.6) is 0 Å². The van der Waals surface area contributed by atoms with Crippen LogP contribution in [0.4, 0.5) is 5.13 Å². The molecule has 0 atom stereocenters. The molecule has 0 aliphatic rings. The fourth-order valence-electron chi connectivity index (χ4n) is 1.40. The number of guanidine groups is 1. The summed E-state index contributed by atoms with van der Waals surface area (Å²) in [6.45, 7) is 0.781. The minimum Gasteiger partial charge on any atom is -0.370 e. The van der Waals surface area contributed by atoms with E-state index < -0.39 is 0 Å². The third-order valence-electron chi connectivity index (χ3n) is 2.18. The predicted octanol–water partition coefficient (Wildman–Crippen LogP) is 1.51. The average molecular weight is 241 g/mol. The summed E-state index contributed by atoms with van der Waals surface area (Å²) in [6, 6.07) is 0. The zero-order valence-corrected chi connectivity index (χ0v) is 10.1. The second-order valence-electron chi connectivity index (χ2n) is 3.64. The van der Waals surface area contributed by atoms with Crippen molar-refractivity contribution in [1.29, 1.82) is 5.41 Å². The van der Waals surface area contributed by atoms with Crippen LogP contribution in [0.3, 0.4) is 0 Å². The Morgan fingerprint density at radius 3 is 2.81 bits per heavy atom. The van der Waals surface area contributed by atoms with Gasteiger partial charge in [0.25, 0.3) is 0 Å². The molecule has 0 saturated heterocycles. The lowest BCUT2D eigenvalue weighted by Crippen LogP contribution is -2.20. The van der Waals surface area contributed by atoms with Crippen LogP contribution in [0.2, 0.25) is 0 Å². The first-order valence-electron chi connectivity index (χ1n) is 5.48. The molecule has 5 nitrogen and oxygen atoms in total. The Kier molecular flexibility index (Phi) is 5.81. The first-order valence-corrected chi connectivity index (χ1v) is 6.36. The Bertz CT molecular complexity index is 323. The molecule has 0 aromatic carbocycles. The maximum absolute atomic E-state index is 7.08. The van der Waals surface area contributed by atoms with Crippen LogP contribution in [0.1, 0.15) is 31.4 Å². The molecule has 0 fully saturated rings. The molecule has 1 aromatic heterocycles. The van der Waals surface area contributed by atoms with Gasteiger partial charge in [-0.05, 0) is 25.8 Å². The number of aryl methyl sites for hydroxylation is 1. The highest BCUT2D eigenvalue weighted by molar-refractivity contribution is 7.13. The molecule has 0 aliphatic heterocycles. The number of unbranched alkanes of at least 4 members (excludes halogenated alkanes) is 3. The molecule has 0 unspecified atom stereocenters. The van der Waals surface area contributed by atoms with Crippen molar-refractivity contribution in [2.75, 3.05) is 11.9 Å². The third kappa shape index (κ3) is 5.09. The second-order valence-corrected chi connectivity index (χ2v) is 4.49. The van der Waals surface area contributed by atoms with E-state index in [2.05, 4.69) is 10.3 Å². The van der Waals surface area contributed by atoms with Crippen LogP contribution >= 0.6 is 11.3 Å². The summed E-state index contributed by atoms with van der Waals surface area (Å²) in [4.78, 5) is 4.33. The lowest BCUT2D eigenvalue weighted by atomic mass is 10.1. The van der Waals surface area contributed by atoms with Crippen LogP contribution in [0.25, 0.3) is 0 Å². The zero-order chi connectivity index (χ0) is 11.8. The molecule has 1 heterocycles. The molecule has 0 saturated carbocycles. The van der Waals surface area contributed by atoms with E-state index in [9.17, 15) is 0 Å². The number of thiazole rings is 1. The van der Waals surface area contributed by atoms with E-state index in [0.717, 1.165) is 31.5 Å². The Labute approximate surface area is 99.8 Å². The molecule has 0 radical (unpaired) electrons. The number of nitrogens with zero attached hydrogens (tertiary/aromatic N) is 1. The summed E-state index contributed by atoms with van der Waals surface area (Å²) in [5.41, 5.74) is 11.7. The summed E-state index contributed by atoms with van der Waals surface area (Å²) in [5, 5.41) is 12.5. The van der Waals surface area contributed by atoms with Crippen molar-refractivity contribution in [3.8, 4) is 0 Å².